The maximum Gasteiger partial charge on any atom is 0.125 e. The molecule has 0 aliphatic carbocycles. The number of likely N-dealkylation sites (N-methyl/N-ethyl adjacent to an activating group) is 1. The predicted molar refractivity (Wildman–Crippen MR) is 63.7 cm³/mol. The number of rotatable bonds is 5. The summed E-state index contributed by atoms with van der Waals surface area (Å²) in [4.78, 5) is 1.05. The van der Waals surface area contributed by atoms with Crippen LogP contribution in [0.2, 0.25) is 0 Å². The van der Waals surface area contributed by atoms with E-state index in [1.165, 1.54) is 0 Å². The summed E-state index contributed by atoms with van der Waals surface area (Å²) in [5, 5.41) is 12.9. The Bertz CT molecular complexity index is 295. The van der Waals surface area contributed by atoms with Gasteiger partial charge in [0.1, 0.15) is 5.75 Å². The summed E-state index contributed by atoms with van der Waals surface area (Å²) in [5.74, 6) is 0.740. The van der Waals surface area contributed by atoms with Gasteiger partial charge in [-0.1, -0.05) is 6.07 Å². The summed E-state index contributed by atoms with van der Waals surface area (Å²) in [6.07, 6.45) is 1.46. The molecule has 0 heterocycles. The number of hydrogen-bond donors (Lipinski definition) is 2. The summed E-state index contributed by atoms with van der Waals surface area (Å²) < 4.78 is 5.25. The second-order valence-corrected chi connectivity index (χ2v) is 4.00. The molecule has 0 saturated carbocycles. The topological polar surface area (TPSA) is 41.5 Å². The normalized spacial score (nSPS) is 12.5. The molecule has 0 amide bonds. The molecule has 0 fully saturated rings. The fourth-order valence-electron chi connectivity index (χ4n) is 1.50. The van der Waals surface area contributed by atoms with Crippen LogP contribution in [0.5, 0.6) is 5.75 Å². The lowest BCUT2D eigenvalue weighted by atomic mass is 10.1. The van der Waals surface area contributed by atoms with Gasteiger partial charge in [0.25, 0.3) is 0 Å². The zero-order valence-electron chi connectivity index (χ0n) is 9.28. The number of hydrogen-bond acceptors (Lipinski definition) is 4. The highest BCUT2D eigenvalue weighted by Crippen LogP contribution is 2.33. The van der Waals surface area contributed by atoms with Crippen LogP contribution < -0.4 is 10.1 Å². The van der Waals surface area contributed by atoms with Crippen LogP contribution >= 0.6 is 11.8 Å². The van der Waals surface area contributed by atoms with Gasteiger partial charge in [-0.25, -0.2) is 0 Å². The number of methoxy groups -OCH3 is 1. The van der Waals surface area contributed by atoms with Crippen LogP contribution in [0.3, 0.4) is 0 Å². The lowest BCUT2D eigenvalue weighted by Crippen LogP contribution is -2.17. The van der Waals surface area contributed by atoms with E-state index >= 15 is 0 Å². The Morgan fingerprint density at radius 3 is 2.80 bits per heavy atom. The number of aliphatic hydroxyl groups excluding tert-OH is 1. The molecular formula is C11H17NO2S. The van der Waals surface area contributed by atoms with E-state index in [0.29, 0.717) is 6.54 Å². The fourth-order valence-corrected chi connectivity index (χ4v) is 2.17. The van der Waals surface area contributed by atoms with Crippen molar-refractivity contribution in [3.8, 4) is 5.75 Å². The van der Waals surface area contributed by atoms with Crippen molar-refractivity contribution in [1.82, 2.24) is 5.32 Å². The first-order chi connectivity index (χ1) is 7.24. The second-order valence-electron chi connectivity index (χ2n) is 3.15. The van der Waals surface area contributed by atoms with E-state index < -0.39 is 6.10 Å². The lowest BCUT2D eigenvalue weighted by molar-refractivity contribution is 0.170. The summed E-state index contributed by atoms with van der Waals surface area (Å²) >= 11 is 1.61. The molecular weight excluding hydrogens is 210 g/mol. The van der Waals surface area contributed by atoms with Gasteiger partial charge in [-0.05, 0) is 25.4 Å². The van der Waals surface area contributed by atoms with Gasteiger partial charge in [0, 0.05) is 17.0 Å². The van der Waals surface area contributed by atoms with Gasteiger partial charge in [0.05, 0.1) is 13.2 Å². The van der Waals surface area contributed by atoms with Gasteiger partial charge in [-0.3, -0.25) is 0 Å². The molecule has 0 aliphatic rings. The van der Waals surface area contributed by atoms with Crippen LogP contribution in [0.15, 0.2) is 23.1 Å². The quantitative estimate of drug-likeness (QED) is 0.751. The predicted octanol–water partition coefficient (Wildman–Crippen LogP) is 1.67. The first-order valence-electron chi connectivity index (χ1n) is 4.78. The third-order valence-corrected chi connectivity index (χ3v) is 2.99. The average Bonchev–Trinajstić information content (AvgIpc) is 2.28. The van der Waals surface area contributed by atoms with Gasteiger partial charge in [-0.15, -0.1) is 11.8 Å². The second kappa shape index (κ2) is 6.00. The molecule has 0 bridgehead atoms. The van der Waals surface area contributed by atoms with Gasteiger partial charge in [0.15, 0.2) is 0 Å². The van der Waals surface area contributed by atoms with Crippen molar-refractivity contribution in [2.75, 3.05) is 27.0 Å². The third-order valence-electron chi connectivity index (χ3n) is 2.20. The van der Waals surface area contributed by atoms with E-state index in [2.05, 4.69) is 5.32 Å². The van der Waals surface area contributed by atoms with Gasteiger partial charge >= 0.3 is 0 Å². The van der Waals surface area contributed by atoms with Crippen LogP contribution in [0.4, 0.5) is 0 Å². The van der Waals surface area contributed by atoms with Crippen LogP contribution in [0.1, 0.15) is 11.7 Å². The Hall–Kier alpha value is -0.710. The number of thioether (sulfide) groups is 1. The highest BCUT2D eigenvalue weighted by atomic mass is 32.2. The molecule has 1 aromatic rings. The molecule has 1 aromatic carbocycles. The van der Waals surface area contributed by atoms with Gasteiger partial charge in [0.2, 0.25) is 0 Å². The van der Waals surface area contributed by atoms with Gasteiger partial charge in [-0.2, -0.15) is 0 Å². The molecule has 1 atom stereocenters. The van der Waals surface area contributed by atoms with Crippen molar-refractivity contribution in [3.05, 3.63) is 23.8 Å². The minimum Gasteiger partial charge on any atom is -0.496 e. The molecule has 2 N–H and O–H groups in total. The van der Waals surface area contributed by atoms with Gasteiger partial charge < -0.3 is 15.2 Å². The van der Waals surface area contributed by atoms with Crippen LogP contribution in [-0.2, 0) is 0 Å². The first-order valence-corrected chi connectivity index (χ1v) is 6.00. The van der Waals surface area contributed by atoms with E-state index in [-0.39, 0.29) is 0 Å². The molecule has 0 spiro atoms. The summed E-state index contributed by atoms with van der Waals surface area (Å²) in [6, 6.07) is 5.79. The fraction of sp³-hybridized carbons (Fsp3) is 0.455. The maximum atomic E-state index is 9.99. The Labute approximate surface area is 94.8 Å². The summed E-state index contributed by atoms with van der Waals surface area (Å²) in [7, 11) is 3.44. The lowest BCUT2D eigenvalue weighted by Gasteiger charge is -2.17. The summed E-state index contributed by atoms with van der Waals surface area (Å²) in [6.45, 7) is 0.522. The first kappa shape index (κ1) is 12.4. The number of nitrogens with one attached hydrogen (secondary N) is 1. The van der Waals surface area contributed by atoms with Crippen molar-refractivity contribution in [2.24, 2.45) is 0 Å². The highest BCUT2D eigenvalue weighted by molar-refractivity contribution is 7.98. The molecule has 0 radical (unpaired) electrons. The standard InChI is InChI=1S/C11H17NO2S/c1-12-7-8(13)11-9(14-2)5-4-6-10(11)15-3/h4-6,8,12-13H,7H2,1-3H3. The summed E-state index contributed by atoms with van der Waals surface area (Å²) in [5.41, 5.74) is 0.863. The van der Waals surface area contributed by atoms with Crippen LogP contribution in [0.25, 0.3) is 0 Å². The zero-order chi connectivity index (χ0) is 11.3. The minimum atomic E-state index is -0.534. The van der Waals surface area contributed by atoms with Crippen molar-refractivity contribution in [1.29, 1.82) is 0 Å². The Balaban J connectivity index is 3.09. The molecule has 15 heavy (non-hydrogen) atoms. The van der Waals surface area contributed by atoms with E-state index in [0.717, 1.165) is 16.2 Å². The van der Waals surface area contributed by atoms with Crippen molar-refractivity contribution >= 4 is 11.8 Å². The van der Waals surface area contributed by atoms with Crippen molar-refractivity contribution in [3.63, 3.8) is 0 Å². The maximum absolute atomic E-state index is 9.99. The minimum absolute atomic E-state index is 0.522. The monoisotopic (exact) mass is 227 g/mol. The van der Waals surface area contributed by atoms with E-state index in [1.807, 2.05) is 31.5 Å². The van der Waals surface area contributed by atoms with E-state index in [4.69, 9.17) is 4.74 Å². The van der Waals surface area contributed by atoms with Crippen LogP contribution in [0, 0.1) is 0 Å². The van der Waals surface area contributed by atoms with Crippen LogP contribution in [-0.4, -0.2) is 32.1 Å². The SMILES string of the molecule is CNCC(O)c1c(OC)cccc1SC. The molecule has 1 unspecified atom stereocenters. The smallest absolute Gasteiger partial charge is 0.125 e. The molecule has 0 aliphatic heterocycles. The zero-order valence-corrected chi connectivity index (χ0v) is 10.1. The average molecular weight is 227 g/mol. The molecule has 4 heteroatoms. The Kier molecular flexibility index (Phi) is 4.94. The number of aliphatic hydroxyl groups is 1. The third kappa shape index (κ3) is 2.87. The highest BCUT2D eigenvalue weighted by Gasteiger charge is 2.16. The Morgan fingerprint density at radius 1 is 1.53 bits per heavy atom. The molecule has 3 nitrogen and oxygen atoms in total. The number of benzene rings is 1. The molecule has 0 saturated heterocycles. The molecule has 1 rings (SSSR count). The van der Waals surface area contributed by atoms with E-state index in [1.54, 1.807) is 18.9 Å². The number of ether oxygens (including phenoxy) is 1. The van der Waals surface area contributed by atoms with Crippen molar-refractivity contribution < 1.29 is 9.84 Å². The molecule has 0 aromatic heterocycles. The molecule has 84 valence electrons. The largest absolute Gasteiger partial charge is 0.496 e. The Morgan fingerprint density at radius 2 is 2.27 bits per heavy atom. The van der Waals surface area contributed by atoms with E-state index in [9.17, 15) is 5.11 Å². The van der Waals surface area contributed by atoms with Crippen molar-refractivity contribution in [2.45, 2.75) is 11.0 Å².